The van der Waals surface area contributed by atoms with Crippen molar-refractivity contribution in [3.8, 4) is 5.88 Å². The highest BCUT2D eigenvalue weighted by Crippen LogP contribution is 2.21. The van der Waals surface area contributed by atoms with Crippen molar-refractivity contribution in [1.29, 1.82) is 0 Å². The topological polar surface area (TPSA) is 35.0 Å². The molecule has 2 rings (SSSR count). The third-order valence-electron chi connectivity index (χ3n) is 2.58. The highest BCUT2D eigenvalue weighted by Gasteiger charge is 2.09. The number of hydrogen-bond donors (Lipinski definition) is 0. The molecule has 0 aromatic carbocycles. The molecule has 0 saturated carbocycles. The van der Waals surface area contributed by atoms with Crippen LogP contribution in [0.1, 0.15) is 31.0 Å². The summed E-state index contributed by atoms with van der Waals surface area (Å²) in [6.07, 6.45) is 2.90. The van der Waals surface area contributed by atoms with Gasteiger partial charge in [-0.2, -0.15) is 0 Å². The van der Waals surface area contributed by atoms with Crippen molar-refractivity contribution in [3.05, 3.63) is 53.7 Å². The van der Waals surface area contributed by atoms with Crippen molar-refractivity contribution in [2.45, 2.75) is 26.4 Å². The molecule has 0 unspecified atom stereocenters. The molecule has 0 N–H and O–H groups in total. The van der Waals surface area contributed by atoms with Crippen LogP contribution in [-0.4, -0.2) is 9.97 Å². The zero-order valence-corrected chi connectivity index (χ0v) is 10.4. The molecule has 0 bridgehead atoms. The minimum Gasteiger partial charge on any atom is -0.471 e. The molecule has 0 aliphatic heterocycles. The van der Waals surface area contributed by atoms with Crippen LogP contribution in [0.4, 0.5) is 4.39 Å². The van der Waals surface area contributed by atoms with Crippen molar-refractivity contribution in [2.75, 3.05) is 0 Å². The molecule has 0 saturated heterocycles. The Kier molecular flexibility index (Phi) is 3.87. The largest absolute Gasteiger partial charge is 0.471 e. The fourth-order valence-electron chi connectivity index (χ4n) is 1.59. The molecule has 2 aromatic rings. The average Bonchev–Trinajstić information content (AvgIpc) is 2.38. The molecule has 0 aliphatic rings. The lowest BCUT2D eigenvalue weighted by atomic mass is 10.0. The molecule has 3 nitrogen and oxygen atoms in total. The van der Waals surface area contributed by atoms with Gasteiger partial charge in [-0.3, -0.25) is 4.98 Å². The van der Waals surface area contributed by atoms with Crippen LogP contribution >= 0.6 is 0 Å². The van der Waals surface area contributed by atoms with E-state index in [2.05, 4.69) is 9.97 Å². The Balaban J connectivity index is 2.08. The zero-order chi connectivity index (χ0) is 13.0. The van der Waals surface area contributed by atoms with E-state index >= 15 is 0 Å². The zero-order valence-electron chi connectivity index (χ0n) is 10.4. The van der Waals surface area contributed by atoms with Crippen LogP contribution in [-0.2, 0) is 6.61 Å². The molecule has 4 heteroatoms. The Labute approximate surface area is 106 Å². The van der Waals surface area contributed by atoms with Crippen molar-refractivity contribution in [1.82, 2.24) is 9.97 Å². The lowest BCUT2D eigenvalue weighted by Crippen LogP contribution is -2.01. The van der Waals surface area contributed by atoms with Gasteiger partial charge in [0.2, 0.25) is 5.88 Å². The van der Waals surface area contributed by atoms with Gasteiger partial charge in [0.25, 0.3) is 0 Å². The van der Waals surface area contributed by atoms with E-state index in [1.807, 2.05) is 32.0 Å². The summed E-state index contributed by atoms with van der Waals surface area (Å²) in [4.78, 5) is 8.05. The Morgan fingerprint density at radius 1 is 1.28 bits per heavy atom. The Morgan fingerprint density at radius 2 is 2.11 bits per heavy atom. The summed E-state index contributed by atoms with van der Waals surface area (Å²) in [5.41, 5.74) is 1.43. The standard InChI is InChI=1S/C14H15FN2O/c1-10(2)12-7-14(17-8-13(12)15)18-9-11-5-3-4-6-16-11/h3-8,10H,9H2,1-2H3. The third kappa shape index (κ3) is 3.03. The van der Waals surface area contributed by atoms with Crippen LogP contribution in [0.15, 0.2) is 36.7 Å². The second-order valence-corrected chi connectivity index (χ2v) is 4.31. The monoisotopic (exact) mass is 246 g/mol. The molecule has 0 radical (unpaired) electrons. The first-order valence-corrected chi connectivity index (χ1v) is 5.85. The smallest absolute Gasteiger partial charge is 0.214 e. The van der Waals surface area contributed by atoms with Crippen molar-refractivity contribution >= 4 is 0 Å². The van der Waals surface area contributed by atoms with E-state index in [0.29, 0.717) is 18.1 Å². The molecule has 0 aliphatic carbocycles. The van der Waals surface area contributed by atoms with E-state index in [1.54, 1.807) is 12.3 Å². The number of nitrogens with zero attached hydrogens (tertiary/aromatic N) is 2. The van der Waals surface area contributed by atoms with E-state index in [4.69, 9.17) is 4.74 Å². The van der Waals surface area contributed by atoms with E-state index in [-0.39, 0.29) is 11.7 Å². The van der Waals surface area contributed by atoms with Crippen molar-refractivity contribution < 1.29 is 9.13 Å². The molecular weight excluding hydrogens is 231 g/mol. The van der Waals surface area contributed by atoms with Gasteiger partial charge >= 0.3 is 0 Å². The maximum Gasteiger partial charge on any atom is 0.214 e. The highest BCUT2D eigenvalue weighted by atomic mass is 19.1. The molecule has 2 heterocycles. The van der Waals surface area contributed by atoms with Gasteiger partial charge in [0.05, 0.1) is 11.9 Å². The maximum absolute atomic E-state index is 13.5. The molecule has 2 aromatic heterocycles. The second kappa shape index (κ2) is 5.58. The van der Waals surface area contributed by atoms with E-state index < -0.39 is 0 Å². The van der Waals surface area contributed by atoms with E-state index in [0.717, 1.165) is 5.69 Å². The first kappa shape index (κ1) is 12.5. The van der Waals surface area contributed by atoms with Crippen molar-refractivity contribution in [3.63, 3.8) is 0 Å². The van der Waals surface area contributed by atoms with Gasteiger partial charge in [0.15, 0.2) is 0 Å². The Bertz CT molecular complexity index is 514. The average molecular weight is 246 g/mol. The first-order valence-electron chi connectivity index (χ1n) is 5.85. The second-order valence-electron chi connectivity index (χ2n) is 4.31. The fourth-order valence-corrected chi connectivity index (χ4v) is 1.59. The minimum atomic E-state index is -0.296. The maximum atomic E-state index is 13.5. The summed E-state index contributed by atoms with van der Waals surface area (Å²) >= 11 is 0. The summed E-state index contributed by atoms with van der Waals surface area (Å²) in [6, 6.07) is 7.25. The molecule has 94 valence electrons. The number of ether oxygens (including phenoxy) is 1. The van der Waals surface area contributed by atoms with Gasteiger partial charge in [-0.25, -0.2) is 9.37 Å². The van der Waals surface area contributed by atoms with E-state index in [1.165, 1.54) is 6.20 Å². The molecule has 0 fully saturated rings. The molecule has 18 heavy (non-hydrogen) atoms. The number of pyridine rings is 2. The molecule has 0 atom stereocenters. The summed E-state index contributed by atoms with van der Waals surface area (Å²) in [5.74, 6) is 0.228. The highest BCUT2D eigenvalue weighted by molar-refractivity contribution is 5.25. The third-order valence-corrected chi connectivity index (χ3v) is 2.58. The Hall–Kier alpha value is -1.97. The lowest BCUT2D eigenvalue weighted by Gasteiger charge is -2.09. The predicted molar refractivity (Wildman–Crippen MR) is 66.9 cm³/mol. The summed E-state index contributed by atoms with van der Waals surface area (Å²) in [5, 5.41) is 0. The summed E-state index contributed by atoms with van der Waals surface area (Å²) in [7, 11) is 0. The SMILES string of the molecule is CC(C)c1cc(OCc2ccccn2)ncc1F. The molecular formula is C14H15FN2O. The summed E-state index contributed by atoms with van der Waals surface area (Å²) < 4.78 is 19.0. The van der Waals surface area contributed by atoms with Crippen LogP contribution < -0.4 is 4.74 Å². The van der Waals surface area contributed by atoms with Crippen LogP contribution in [0, 0.1) is 5.82 Å². The van der Waals surface area contributed by atoms with Gasteiger partial charge in [-0.1, -0.05) is 19.9 Å². The van der Waals surface area contributed by atoms with Gasteiger partial charge in [0.1, 0.15) is 12.4 Å². The van der Waals surface area contributed by atoms with Gasteiger partial charge in [-0.05, 0) is 23.6 Å². The van der Waals surface area contributed by atoms with Crippen LogP contribution in [0.5, 0.6) is 5.88 Å². The number of hydrogen-bond acceptors (Lipinski definition) is 3. The van der Waals surface area contributed by atoms with E-state index in [9.17, 15) is 4.39 Å². The Morgan fingerprint density at radius 3 is 2.78 bits per heavy atom. The quantitative estimate of drug-likeness (QED) is 0.830. The van der Waals surface area contributed by atoms with Gasteiger partial charge < -0.3 is 4.74 Å². The lowest BCUT2D eigenvalue weighted by molar-refractivity contribution is 0.287. The predicted octanol–water partition coefficient (Wildman–Crippen LogP) is 3.32. The normalized spacial score (nSPS) is 10.7. The fraction of sp³-hybridized carbons (Fsp3) is 0.286. The van der Waals surface area contributed by atoms with Gasteiger partial charge in [-0.15, -0.1) is 0 Å². The molecule has 0 spiro atoms. The first-order chi connectivity index (χ1) is 8.66. The number of aromatic nitrogens is 2. The van der Waals surface area contributed by atoms with Crippen LogP contribution in [0.3, 0.4) is 0 Å². The van der Waals surface area contributed by atoms with Crippen LogP contribution in [0.2, 0.25) is 0 Å². The number of rotatable bonds is 4. The summed E-state index contributed by atoms with van der Waals surface area (Å²) in [6.45, 7) is 4.19. The van der Waals surface area contributed by atoms with Crippen LogP contribution in [0.25, 0.3) is 0 Å². The molecule has 0 amide bonds. The van der Waals surface area contributed by atoms with Gasteiger partial charge in [0, 0.05) is 12.3 Å². The van der Waals surface area contributed by atoms with Crippen molar-refractivity contribution in [2.24, 2.45) is 0 Å². The minimum absolute atomic E-state index is 0.102. The number of halogens is 1.